The lowest BCUT2D eigenvalue weighted by Crippen LogP contribution is -2.46. The number of hydrogen-bond acceptors (Lipinski definition) is 0. The highest BCUT2D eigenvalue weighted by molar-refractivity contribution is 6.93. The third-order valence-corrected chi connectivity index (χ3v) is 13.5. The average Bonchev–Trinajstić information content (AvgIpc) is 2.77. The van der Waals surface area contributed by atoms with E-state index in [2.05, 4.69) is 108 Å². The summed E-state index contributed by atoms with van der Waals surface area (Å²) in [4.78, 5) is 0. The second-order valence-corrected chi connectivity index (χ2v) is 14.5. The van der Waals surface area contributed by atoms with E-state index in [0.717, 1.165) is 0 Å². The van der Waals surface area contributed by atoms with Gasteiger partial charge in [0.2, 0.25) is 5.69 Å². The van der Waals surface area contributed by atoms with Crippen LogP contribution in [0.2, 0.25) is 18.1 Å². The number of pyridine rings is 1. The molecule has 0 N–H and O–H groups in total. The fourth-order valence-electron chi connectivity index (χ4n) is 5.62. The quantitative estimate of drug-likeness (QED) is 0.182. The smallest absolute Gasteiger partial charge is 0.200 e. The first-order valence-corrected chi connectivity index (χ1v) is 14.4. The Morgan fingerprint density at radius 1 is 0.742 bits per heavy atom. The van der Waals surface area contributed by atoms with Crippen LogP contribution in [0.25, 0.3) is 32.8 Å². The first-order chi connectivity index (χ1) is 14.9. The molecular formula is C29H36NSi+. The van der Waals surface area contributed by atoms with E-state index in [1.807, 2.05) is 0 Å². The molecule has 160 valence electrons. The highest BCUT2D eigenvalue weighted by Crippen LogP contribution is 2.34. The Kier molecular flexibility index (Phi) is 5.78. The molecule has 0 unspecified atom stereocenters. The lowest BCUT2D eigenvalue weighted by molar-refractivity contribution is -0.659. The molecular weight excluding hydrogens is 390 g/mol. The Bertz CT molecular complexity index is 1270. The van der Waals surface area contributed by atoms with Gasteiger partial charge in [0.15, 0.2) is 6.20 Å². The van der Waals surface area contributed by atoms with Crippen molar-refractivity contribution in [2.45, 2.75) is 59.7 Å². The van der Waals surface area contributed by atoms with Crippen LogP contribution in [0.1, 0.15) is 37.5 Å². The third-order valence-electron chi connectivity index (χ3n) is 7.84. The van der Waals surface area contributed by atoms with Gasteiger partial charge in [0.1, 0.15) is 7.05 Å². The number of fused-ring (bicyclic) bond motifs is 3. The Morgan fingerprint density at radius 2 is 1.39 bits per heavy atom. The maximum Gasteiger partial charge on any atom is 0.220 e. The zero-order chi connectivity index (χ0) is 22.3. The number of nitrogens with zero attached hydrogens (tertiary/aromatic N) is 1. The zero-order valence-corrected chi connectivity index (χ0v) is 21.3. The standard InChI is InChI=1S/C29H36NSi/c1-8-31(9-2,10-3)28-13-11-12-23-24-16-17-30(7)29(26(24)15-14-25(23)28)27-19-20(4)18-21(5)22(27)6/h11-19H,8-10H2,1-7H3/q+1. The molecule has 0 saturated carbocycles. The van der Waals surface area contributed by atoms with Crippen LogP contribution in [0.5, 0.6) is 0 Å². The second-order valence-electron chi connectivity index (χ2n) is 9.30. The topological polar surface area (TPSA) is 3.88 Å². The molecule has 3 aromatic carbocycles. The third kappa shape index (κ3) is 3.42. The van der Waals surface area contributed by atoms with Crippen LogP contribution in [-0.2, 0) is 7.05 Å². The van der Waals surface area contributed by atoms with Crippen LogP contribution in [0.15, 0.2) is 54.7 Å². The number of hydrogen-bond donors (Lipinski definition) is 0. The van der Waals surface area contributed by atoms with Gasteiger partial charge in [-0.3, -0.25) is 0 Å². The van der Waals surface area contributed by atoms with Gasteiger partial charge in [-0.2, -0.15) is 0 Å². The molecule has 4 rings (SSSR count). The van der Waals surface area contributed by atoms with Crippen molar-refractivity contribution >= 4 is 34.8 Å². The van der Waals surface area contributed by atoms with Crippen LogP contribution < -0.4 is 9.75 Å². The second kappa shape index (κ2) is 8.24. The molecule has 0 radical (unpaired) electrons. The zero-order valence-electron chi connectivity index (χ0n) is 20.3. The van der Waals surface area contributed by atoms with E-state index in [9.17, 15) is 0 Å². The number of rotatable bonds is 5. The van der Waals surface area contributed by atoms with Crippen molar-refractivity contribution in [3.63, 3.8) is 0 Å². The van der Waals surface area contributed by atoms with Gasteiger partial charge in [-0.1, -0.05) is 80.0 Å². The van der Waals surface area contributed by atoms with Crippen molar-refractivity contribution in [1.82, 2.24) is 0 Å². The molecule has 1 aromatic heterocycles. The largest absolute Gasteiger partial charge is 0.220 e. The fraction of sp³-hybridized carbons (Fsp3) is 0.345. The molecule has 0 spiro atoms. The van der Waals surface area contributed by atoms with Crippen molar-refractivity contribution in [3.8, 4) is 11.3 Å². The number of benzene rings is 3. The maximum absolute atomic E-state index is 2.43. The minimum atomic E-state index is -1.46. The predicted molar refractivity (Wildman–Crippen MR) is 139 cm³/mol. The van der Waals surface area contributed by atoms with Crippen molar-refractivity contribution in [2.24, 2.45) is 7.05 Å². The Balaban J connectivity index is 2.09. The van der Waals surface area contributed by atoms with Gasteiger partial charge < -0.3 is 0 Å². The summed E-state index contributed by atoms with van der Waals surface area (Å²) in [6.07, 6.45) is 2.24. The average molecular weight is 427 g/mol. The summed E-state index contributed by atoms with van der Waals surface area (Å²) < 4.78 is 2.29. The van der Waals surface area contributed by atoms with Gasteiger partial charge in [0.25, 0.3) is 0 Å². The molecule has 0 amide bonds. The lowest BCUT2D eigenvalue weighted by Gasteiger charge is -2.30. The molecule has 0 aliphatic rings. The number of aromatic nitrogens is 1. The Hall–Kier alpha value is -2.45. The van der Waals surface area contributed by atoms with Crippen LogP contribution >= 0.6 is 0 Å². The minimum absolute atomic E-state index is 1.31. The van der Waals surface area contributed by atoms with E-state index in [1.165, 1.54) is 67.6 Å². The fourth-order valence-corrected chi connectivity index (χ4v) is 9.50. The molecule has 1 heterocycles. The van der Waals surface area contributed by atoms with E-state index >= 15 is 0 Å². The van der Waals surface area contributed by atoms with Gasteiger partial charge in [0.05, 0.1) is 19.0 Å². The van der Waals surface area contributed by atoms with Crippen LogP contribution in [0.3, 0.4) is 0 Å². The molecule has 0 bridgehead atoms. The lowest BCUT2D eigenvalue weighted by atomic mass is 9.93. The molecule has 0 atom stereocenters. The van der Waals surface area contributed by atoms with Crippen molar-refractivity contribution in [1.29, 1.82) is 0 Å². The molecule has 0 saturated heterocycles. The molecule has 0 aliphatic carbocycles. The summed E-state index contributed by atoms with van der Waals surface area (Å²) in [5.41, 5.74) is 6.72. The van der Waals surface area contributed by atoms with Gasteiger partial charge in [-0.15, -0.1) is 0 Å². The summed E-state index contributed by atoms with van der Waals surface area (Å²) in [5, 5.41) is 7.25. The van der Waals surface area contributed by atoms with Crippen LogP contribution in [0, 0.1) is 20.8 Å². The monoisotopic (exact) mass is 426 g/mol. The summed E-state index contributed by atoms with van der Waals surface area (Å²) in [6.45, 7) is 13.9. The molecule has 0 fully saturated rings. The van der Waals surface area contributed by atoms with E-state index in [1.54, 1.807) is 5.19 Å². The van der Waals surface area contributed by atoms with Gasteiger partial charge in [-0.25, -0.2) is 4.57 Å². The summed E-state index contributed by atoms with van der Waals surface area (Å²) in [5.74, 6) is 0. The highest BCUT2D eigenvalue weighted by Gasteiger charge is 2.31. The SMILES string of the molecule is CC[Si](CC)(CC)c1cccc2c1ccc1c(-c3cc(C)cc(C)c3C)[n+](C)ccc12. The van der Waals surface area contributed by atoms with E-state index in [0.29, 0.717) is 0 Å². The molecule has 31 heavy (non-hydrogen) atoms. The summed E-state index contributed by atoms with van der Waals surface area (Å²) in [6, 6.07) is 22.7. The Labute approximate surface area is 188 Å². The highest BCUT2D eigenvalue weighted by atomic mass is 28.3. The van der Waals surface area contributed by atoms with E-state index in [-0.39, 0.29) is 0 Å². The van der Waals surface area contributed by atoms with Crippen molar-refractivity contribution in [2.75, 3.05) is 0 Å². The molecule has 1 nitrogen and oxygen atoms in total. The first-order valence-electron chi connectivity index (χ1n) is 11.8. The normalized spacial score (nSPS) is 12.1. The van der Waals surface area contributed by atoms with Crippen LogP contribution in [0.4, 0.5) is 0 Å². The predicted octanol–water partition coefficient (Wildman–Crippen LogP) is 7.13. The summed E-state index contributed by atoms with van der Waals surface area (Å²) >= 11 is 0. The first kappa shape index (κ1) is 21.8. The maximum atomic E-state index is 2.43. The molecule has 4 aromatic rings. The molecule has 2 heteroatoms. The van der Waals surface area contributed by atoms with Gasteiger partial charge in [-0.05, 0) is 54.8 Å². The number of aryl methyl sites for hydroxylation is 3. The molecule has 0 aliphatic heterocycles. The Morgan fingerprint density at radius 3 is 2.06 bits per heavy atom. The van der Waals surface area contributed by atoms with Crippen molar-refractivity contribution in [3.05, 3.63) is 71.4 Å². The van der Waals surface area contributed by atoms with Gasteiger partial charge in [0, 0.05) is 11.5 Å². The van der Waals surface area contributed by atoms with Gasteiger partial charge >= 0.3 is 0 Å². The van der Waals surface area contributed by atoms with E-state index in [4.69, 9.17) is 0 Å². The summed E-state index contributed by atoms with van der Waals surface area (Å²) in [7, 11) is 0.713. The van der Waals surface area contributed by atoms with E-state index < -0.39 is 8.07 Å². The van der Waals surface area contributed by atoms with Crippen molar-refractivity contribution < 1.29 is 4.57 Å². The van der Waals surface area contributed by atoms with Crippen LogP contribution in [-0.4, -0.2) is 8.07 Å². The minimum Gasteiger partial charge on any atom is -0.200 e.